The van der Waals surface area contributed by atoms with Gasteiger partial charge >= 0.3 is 29.2 Å². The van der Waals surface area contributed by atoms with Gasteiger partial charge in [-0.2, -0.15) is 8.62 Å². The van der Waals surface area contributed by atoms with E-state index in [1.54, 1.807) is 0 Å². The van der Waals surface area contributed by atoms with Crippen molar-refractivity contribution in [1.82, 2.24) is 9.55 Å². The number of phosphoric acid groups is 3. The van der Waals surface area contributed by atoms with E-state index in [9.17, 15) is 33.3 Å². The Kier molecular flexibility index (Phi) is 7.23. The quantitative estimate of drug-likeness (QED) is 0.234. The van der Waals surface area contributed by atoms with E-state index >= 15 is 0 Å². The van der Waals surface area contributed by atoms with Crippen molar-refractivity contribution >= 4 is 23.5 Å². The second-order valence-electron chi connectivity index (χ2n) is 5.81. The zero-order valence-corrected chi connectivity index (χ0v) is 17.1. The van der Waals surface area contributed by atoms with Crippen molar-refractivity contribution in [3.05, 3.63) is 32.6 Å². The van der Waals surface area contributed by atoms with Crippen LogP contribution in [0.15, 0.2) is 15.8 Å². The van der Waals surface area contributed by atoms with Gasteiger partial charge in [0.1, 0.15) is 6.10 Å². The van der Waals surface area contributed by atoms with Crippen LogP contribution in [0, 0.1) is 0 Å². The lowest BCUT2D eigenvalue weighted by atomic mass is 10.1. The summed E-state index contributed by atoms with van der Waals surface area (Å²) in [6.07, 6.45) is -2.56. The second-order valence-corrected chi connectivity index (χ2v) is 10.2. The molecule has 2 heterocycles. The van der Waals surface area contributed by atoms with Crippen LogP contribution in [0.4, 0.5) is 0 Å². The van der Waals surface area contributed by atoms with Gasteiger partial charge in [0, 0.05) is 19.7 Å². The molecule has 5 unspecified atom stereocenters. The Balaban J connectivity index is 2.03. The lowest BCUT2D eigenvalue weighted by molar-refractivity contribution is -0.0225. The molecule has 2 rings (SSSR count). The molecule has 1 saturated heterocycles. The molecule has 6 N–H and O–H groups in total. The Morgan fingerprint density at radius 3 is 2.38 bits per heavy atom. The molecule has 0 aromatic carbocycles. The summed E-state index contributed by atoms with van der Waals surface area (Å²) in [4.78, 5) is 60.6. The molecule has 0 aliphatic carbocycles. The summed E-state index contributed by atoms with van der Waals surface area (Å²) in [7, 11) is -15.2. The molecule has 1 aromatic heterocycles. The van der Waals surface area contributed by atoms with Crippen molar-refractivity contribution < 1.29 is 56.3 Å². The van der Waals surface area contributed by atoms with Crippen LogP contribution in [0.5, 0.6) is 0 Å². The number of H-pyrrole nitrogens is 1. The van der Waals surface area contributed by atoms with E-state index in [0.717, 1.165) is 4.57 Å². The number of phosphoric ester groups is 1. The number of hydrogen-bond donors (Lipinski definition) is 6. The van der Waals surface area contributed by atoms with Gasteiger partial charge in [0.05, 0.1) is 24.4 Å². The van der Waals surface area contributed by atoms with E-state index in [-0.39, 0.29) is 12.0 Å². The van der Waals surface area contributed by atoms with Crippen LogP contribution in [0.25, 0.3) is 0 Å². The summed E-state index contributed by atoms with van der Waals surface area (Å²) in [6.45, 7) is -0.870. The third kappa shape index (κ3) is 7.03. The van der Waals surface area contributed by atoms with Crippen molar-refractivity contribution in [2.75, 3.05) is 6.61 Å². The van der Waals surface area contributed by atoms with Crippen molar-refractivity contribution in [3.8, 4) is 0 Å². The summed E-state index contributed by atoms with van der Waals surface area (Å²) >= 11 is 0. The van der Waals surface area contributed by atoms with Gasteiger partial charge in [0.25, 0.3) is 5.56 Å². The van der Waals surface area contributed by atoms with Crippen LogP contribution in [0.2, 0.25) is 0 Å². The highest BCUT2D eigenvalue weighted by molar-refractivity contribution is 7.66. The summed E-state index contributed by atoms with van der Waals surface area (Å²) in [6, 6.07) is 0. The predicted octanol–water partition coefficient (Wildman–Crippen LogP) is -1.39. The summed E-state index contributed by atoms with van der Waals surface area (Å²) in [5.74, 6) is 0. The van der Waals surface area contributed by atoms with Gasteiger partial charge in [-0.05, 0) is 0 Å². The highest BCUT2D eigenvalue weighted by Crippen LogP contribution is 2.66. The zero-order chi connectivity index (χ0) is 22.2. The molecular formula is C10H17N2O14P3. The first-order valence-electron chi connectivity index (χ1n) is 7.50. The molecule has 0 amide bonds. The molecule has 1 aliphatic heterocycles. The SMILES string of the molecule is Cn1cc(C2CC(O)C(COP(=O)(O)OP(=O)(O)OP(=O)(O)O)O2)c(=O)[nH]c1=O. The summed E-state index contributed by atoms with van der Waals surface area (Å²) < 4.78 is 51.4. The number of aromatic amines is 1. The largest absolute Gasteiger partial charge is 0.490 e. The minimum atomic E-state index is -5.67. The number of ether oxygens (including phenoxy) is 1. The molecule has 0 spiro atoms. The Hall–Kier alpha value is -0.990. The molecule has 1 fully saturated rings. The maximum Gasteiger partial charge on any atom is 0.490 e. The standard InChI is InChI=1S/C10H17N2O14P3/c1-12-3-5(9(14)11-10(12)15)7-2-6(13)8(24-7)4-23-28(19,20)26-29(21,22)25-27(16,17)18/h3,6-8,13H,2,4H2,1H3,(H,19,20)(H,21,22)(H,11,14,15)(H2,16,17,18). The first kappa shape index (κ1) is 24.3. The highest BCUT2D eigenvalue weighted by Gasteiger charge is 2.43. The van der Waals surface area contributed by atoms with Gasteiger partial charge in [-0.15, -0.1) is 0 Å². The van der Waals surface area contributed by atoms with Crippen molar-refractivity contribution in [1.29, 1.82) is 0 Å². The number of aromatic nitrogens is 2. The van der Waals surface area contributed by atoms with Gasteiger partial charge < -0.3 is 34.0 Å². The molecule has 1 aliphatic rings. The molecule has 5 atom stereocenters. The van der Waals surface area contributed by atoms with Crippen LogP contribution < -0.4 is 11.2 Å². The third-order valence-electron chi connectivity index (χ3n) is 3.52. The van der Waals surface area contributed by atoms with E-state index in [4.69, 9.17) is 19.4 Å². The Bertz CT molecular complexity index is 1010. The fraction of sp³-hybridized carbons (Fsp3) is 0.600. The first-order valence-corrected chi connectivity index (χ1v) is 12.0. The number of nitrogens with one attached hydrogen (secondary N) is 1. The van der Waals surface area contributed by atoms with Crippen LogP contribution in [-0.4, -0.2) is 53.0 Å². The van der Waals surface area contributed by atoms with E-state index < -0.39 is 59.6 Å². The maximum absolute atomic E-state index is 11.9. The minimum Gasteiger partial charge on any atom is -0.390 e. The number of nitrogens with zero attached hydrogens (tertiary/aromatic N) is 1. The van der Waals surface area contributed by atoms with E-state index in [0.29, 0.717) is 0 Å². The van der Waals surface area contributed by atoms with Crippen LogP contribution in [0.1, 0.15) is 18.1 Å². The molecule has 1 aromatic rings. The zero-order valence-electron chi connectivity index (χ0n) is 14.4. The number of aliphatic hydroxyl groups is 1. The normalized spacial score (nSPS) is 26.8. The van der Waals surface area contributed by atoms with Crippen LogP contribution in [0.3, 0.4) is 0 Å². The monoisotopic (exact) mass is 482 g/mol. The van der Waals surface area contributed by atoms with E-state index in [1.165, 1.54) is 13.2 Å². The maximum atomic E-state index is 11.9. The molecule has 19 heteroatoms. The topological polar surface area (TPSA) is 244 Å². The fourth-order valence-electron chi connectivity index (χ4n) is 2.36. The number of aryl methyl sites for hydroxylation is 1. The molecule has 0 saturated carbocycles. The Morgan fingerprint density at radius 1 is 1.17 bits per heavy atom. The van der Waals surface area contributed by atoms with Gasteiger partial charge in [-0.3, -0.25) is 14.3 Å². The minimum absolute atomic E-state index is 0.00742. The molecular weight excluding hydrogens is 465 g/mol. The number of aliphatic hydroxyl groups excluding tert-OH is 1. The van der Waals surface area contributed by atoms with Crippen molar-refractivity contribution in [3.63, 3.8) is 0 Å². The van der Waals surface area contributed by atoms with Gasteiger partial charge in [-0.25, -0.2) is 18.5 Å². The highest BCUT2D eigenvalue weighted by atomic mass is 31.3. The predicted molar refractivity (Wildman–Crippen MR) is 90.4 cm³/mol. The smallest absolute Gasteiger partial charge is 0.390 e. The average molecular weight is 482 g/mol. The van der Waals surface area contributed by atoms with Gasteiger partial charge in [-0.1, -0.05) is 0 Å². The lowest BCUT2D eigenvalue weighted by Gasteiger charge is -2.19. The number of hydrogen-bond acceptors (Lipinski definition) is 10. The van der Waals surface area contributed by atoms with Crippen LogP contribution >= 0.6 is 23.5 Å². The molecule has 29 heavy (non-hydrogen) atoms. The van der Waals surface area contributed by atoms with Crippen molar-refractivity contribution in [2.24, 2.45) is 7.05 Å². The fourth-order valence-corrected chi connectivity index (χ4v) is 5.39. The molecule has 0 radical (unpaired) electrons. The van der Waals surface area contributed by atoms with Gasteiger partial charge in [0.15, 0.2) is 0 Å². The first-order chi connectivity index (χ1) is 13.1. The lowest BCUT2D eigenvalue weighted by Crippen LogP contribution is -2.31. The van der Waals surface area contributed by atoms with Crippen LogP contribution in [-0.2, 0) is 38.6 Å². The Morgan fingerprint density at radius 2 is 1.79 bits per heavy atom. The average Bonchev–Trinajstić information content (AvgIpc) is 2.86. The van der Waals surface area contributed by atoms with Gasteiger partial charge in [0.2, 0.25) is 0 Å². The molecule has 16 nitrogen and oxygen atoms in total. The number of rotatable bonds is 8. The third-order valence-corrected chi connectivity index (χ3v) is 7.33. The van der Waals surface area contributed by atoms with Crippen molar-refractivity contribution in [2.45, 2.75) is 24.7 Å². The summed E-state index contributed by atoms with van der Waals surface area (Å²) in [5, 5.41) is 9.99. The second kappa shape index (κ2) is 8.63. The molecule has 166 valence electrons. The van der Waals surface area contributed by atoms with E-state index in [2.05, 4.69) is 13.1 Å². The molecule has 0 bridgehead atoms. The van der Waals surface area contributed by atoms with E-state index in [1.807, 2.05) is 4.98 Å². The Labute approximate surface area is 161 Å². The summed E-state index contributed by atoms with van der Waals surface area (Å²) in [5.41, 5.74) is -1.45.